The van der Waals surface area contributed by atoms with Crippen LogP contribution in [0.15, 0.2) is 48.0 Å². The molecule has 0 bridgehead atoms. The van der Waals surface area contributed by atoms with Gasteiger partial charge in [-0.05, 0) is 35.7 Å². The first-order chi connectivity index (χ1) is 16.3. The van der Waals surface area contributed by atoms with Crippen LogP contribution in [0.5, 0.6) is 17.2 Å². The van der Waals surface area contributed by atoms with Crippen LogP contribution in [-0.4, -0.2) is 62.8 Å². The average Bonchev–Trinajstić information content (AvgIpc) is 3.10. The Hall–Kier alpha value is -3.52. The van der Waals surface area contributed by atoms with Crippen LogP contribution < -0.4 is 14.2 Å². The third-order valence-corrected chi connectivity index (χ3v) is 5.50. The molecule has 0 radical (unpaired) electrons. The van der Waals surface area contributed by atoms with Gasteiger partial charge in [0.1, 0.15) is 23.0 Å². The van der Waals surface area contributed by atoms with Crippen LogP contribution in [0.4, 0.5) is 0 Å². The van der Waals surface area contributed by atoms with Crippen molar-refractivity contribution in [1.29, 1.82) is 0 Å². The minimum atomic E-state index is -0.815. The number of methoxy groups -OCH3 is 3. The molecule has 2 aromatic rings. The number of ketones is 1. The minimum Gasteiger partial charge on any atom is -0.507 e. The Morgan fingerprint density at radius 2 is 1.79 bits per heavy atom. The Bertz CT molecular complexity index is 1080. The predicted molar refractivity (Wildman–Crippen MR) is 127 cm³/mol. The van der Waals surface area contributed by atoms with Gasteiger partial charge in [-0.15, -0.1) is 0 Å². The van der Waals surface area contributed by atoms with Gasteiger partial charge in [-0.25, -0.2) is 0 Å². The van der Waals surface area contributed by atoms with Crippen molar-refractivity contribution in [2.24, 2.45) is 5.92 Å². The molecular formula is C26H31NO7. The van der Waals surface area contributed by atoms with Gasteiger partial charge >= 0.3 is 0 Å². The van der Waals surface area contributed by atoms with E-state index in [2.05, 4.69) is 0 Å². The summed E-state index contributed by atoms with van der Waals surface area (Å²) in [6, 6.07) is 11.2. The lowest BCUT2D eigenvalue weighted by Gasteiger charge is -2.25. The number of Topliss-reactive ketones (excluding diaryl/α,β-unsaturated/α-hetero) is 1. The van der Waals surface area contributed by atoms with Gasteiger partial charge in [0.15, 0.2) is 0 Å². The maximum absolute atomic E-state index is 13.2. The molecule has 8 nitrogen and oxygen atoms in total. The van der Waals surface area contributed by atoms with Gasteiger partial charge < -0.3 is 29.0 Å². The first-order valence-corrected chi connectivity index (χ1v) is 11.0. The molecule has 1 atom stereocenters. The molecule has 0 spiro atoms. The van der Waals surface area contributed by atoms with Crippen molar-refractivity contribution in [1.82, 2.24) is 4.90 Å². The number of hydrogen-bond donors (Lipinski definition) is 1. The number of ether oxygens (including phenoxy) is 4. The fourth-order valence-electron chi connectivity index (χ4n) is 3.82. The summed E-state index contributed by atoms with van der Waals surface area (Å²) < 4.78 is 21.7. The number of carbonyl (C=O) groups is 2. The summed E-state index contributed by atoms with van der Waals surface area (Å²) in [6.45, 7) is 5.03. The second kappa shape index (κ2) is 11.1. The summed E-state index contributed by atoms with van der Waals surface area (Å²) >= 11 is 0. The van der Waals surface area contributed by atoms with Crippen molar-refractivity contribution >= 4 is 17.4 Å². The number of benzene rings is 2. The molecule has 0 aliphatic carbocycles. The van der Waals surface area contributed by atoms with Crippen LogP contribution in [0.3, 0.4) is 0 Å². The fourth-order valence-corrected chi connectivity index (χ4v) is 3.82. The normalized spacial score (nSPS) is 17.4. The van der Waals surface area contributed by atoms with Crippen molar-refractivity contribution < 1.29 is 33.6 Å². The molecule has 1 aliphatic heterocycles. The monoisotopic (exact) mass is 469 g/mol. The van der Waals surface area contributed by atoms with E-state index in [1.54, 1.807) is 36.4 Å². The number of hydrogen-bond acceptors (Lipinski definition) is 7. The molecule has 1 aliphatic rings. The summed E-state index contributed by atoms with van der Waals surface area (Å²) in [5.41, 5.74) is 0.904. The highest BCUT2D eigenvalue weighted by atomic mass is 16.5. The van der Waals surface area contributed by atoms with Crippen LogP contribution in [0.1, 0.15) is 31.0 Å². The maximum Gasteiger partial charge on any atom is 0.295 e. The highest BCUT2D eigenvalue weighted by molar-refractivity contribution is 6.46. The quantitative estimate of drug-likeness (QED) is 0.321. The molecule has 0 aromatic heterocycles. The van der Waals surface area contributed by atoms with Crippen molar-refractivity contribution in [2.75, 3.05) is 41.1 Å². The van der Waals surface area contributed by atoms with Crippen molar-refractivity contribution in [3.05, 3.63) is 59.2 Å². The molecule has 2 aromatic carbocycles. The number of nitrogens with zero attached hydrogens (tertiary/aromatic N) is 1. The first-order valence-electron chi connectivity index (χ1n) is 11.0. The number of aliphatic hydroxyl groups is 1. The number of rotatable bonds is 10. The van der Waals surface area contributed by atoms with E-state index >= 15 is 0 Å². The zero-order valence-electron chi connectivity index (χ0n) is 20.2. The van der Waals surface area contributed by atoms with Gasteiger partial charge in [-0.2, -0.15) is 0 Å². The highest BCUT2D eigenvalue weighted by Gasteiger charge is 2.46. The Balaban J connectivity index is 2.15. The lowest BCUT2D eigenvalue weighted by Crippen LogP contribution is -2.32. The van der Waals surface area contributed by atoms with Gasteiger partial charge in [0, 0.05) is 19.7 Å². The maximum atomic E-state index is 13.2. The van der Waals surface area contributed by atoms with Crippen LogP contribution in [0, 0.1) is 5.92 Å². The number of carbonyl (C=O) groups excluding carboxylic acids is 2. The molecule has 8 heteroatoms. The summed E-state index contributed by atoms with van der Waals surface area (Å²) in [6.07, 6.45) is 0. The molecule has 3 rings (SSSR count). The molecule has 1 fully saturated rings. The third-order valence-electron chi connectivity index (χ3n) is 5.50. The van der Waals surface area contributed by atoms with E-state index in [0.29, 0.717) is 35.3 Å². The summed E-state index contributed by atoms with van der Waals surface area (Å²) in [7, 11) is 4.49. The van der Waals surface area contributed by atoms with Crippen molar-refractivity contribution in [3.8, 4) is 17.2 Å². The number of likely N-dealkylation sites (tertiary alicyclic amines) is 1. The van der Waals surface area contributed by atoms with Crippen LogP contribution >= 0.6 is 0 Å². The van der Waals surface area contributed by atoms with Gasteiger partial charge in [0.05, 0.1) is 44.6 Å². The lowest BCUT2D eigenvalue weighted by atomic mass is 9.94. The Labute approximate surface area is 199 Å². The fraction of sp³-hybridized carbons (Fsp3) is 0.385. The van der Waals surface area contributed by atoms with Crippen molar-refractivity contribution in [2.45, 2.75) is 19.9 Å². The number of aliphatic hydroxyl groups excluding tert-OH is 1. The zero-order chi connectivity index (χ0) is 24.8. The van der Waals surface area contributed by atoms with Gasteiger partial charge in [-0.3, -0.25) is 9.59 Å². The van der Waals surface area contributed by atoms with Gasteiger partial charge in [-0.1, -0.05) is 26.0 Å². The first kappa shape index (κ1) is 25.1. The molecule has 0 saturated carbocycles. The highest BCUT2D eigenvalue weighted by Crippen LogP contribution is 2.42. The standard InChI is InChI=1S/C26H31NO7/c1-16(2)15-34-19-8-6-7-17(13-19)23-22(25(29)26(30)27(23)11-12-31-3)24(28)20-10-9-18(32-4)14-21(20)33-5/h6-10,13-14,16,23,28H,11-12,15H2,1-5H3/b24-22-. The summed E-state index contributed by atoms with van der Waals surface area (Å²) in [5, 5.41) is 11.3. The van der Waals surface area contributed by atoms with Crippen molar-refractivity contribution in [3.63, 3.8) is 0 Å². The van der Waals surface area contributed by atoms with E-state index in [1.807, 2.05) is 19.9 Å². The summed E-state index contributed by atoms with van der Waals surface area (Å²) in [4.78, 5) is 27.6. The molecule has 1 unspecified atom stereocenters. The van der Waals surface area contributed by atoms with Crippen LogP contribution in [0.25, 0.3) is 5.76 Å². The van der Waals surface area contributed by atoms with E-state index in [9.17, 15) is 14.7 Å². The average molecular weight is 470 g/mol. The van der Waals surface area contributed by atoms with E-state index in [4.69, 9.17) is 18.9 Å². The van der Waals surface area contributed by atoms with Crippen LogP contribution in [0.2, 0.25) is 0 Å². The van der Waals surface area contributed by atoms with Gasteiger partial charge in [0.2, 0.25) is 0 Å². The van der Waals surface area contributed by atoms with E-state index in [-0.39, 0.29) is 30.0 Å². The zero-order valence-corrected chi connectivity index (χ0v) is 20.2. The van der Waals surface area contributed by atoms with E-state index in [0.717, 1.165) is 0 Å². The Kier molecular flexibility index (Phi) is 8.17. The number of amides is 1. The topological polar surface area (TPSA) is 94.5 Å². The molecule has 182 valence electrons. The van der Waals surface area contributed by atoms with Crippen LogP contribution in [-0.2, 0) is 14.3 Å². The molecule has 1 N–H and O–H groups in total. The van der Waals surface area contributed by atoms with E-state index < -0.39 is 17.7 Å². The van der Waals surface area contributed by atoms with E-state index in [1.165, 1.54) is 26.2 Å². The predicted octanol–water partition coefficient (Wildman–Crippen LogP) is 3.81. The lowest BCUT2D eigenvalue weighted by molar-refractivity contribution is -0.140. The SMILES string of the molecule is COCCN1C(=O)C(=O)/C(=C(\O)c2ccc(OC)cc2OC)C1c1cccc(OCC(C)C)c1. The molecular weight excluding hydrogens is 438 g/mol. The largest absolute Gasteiger partial charge is 0.507 e. The Morgan fingerprint density at radius 1 is 1.03 bits per heavy atom. The minimum absolute atomic E-state index is 0.0226. The second-order valence-electron chi connectivity index (χ2n) is 8.33. The molecule has 1 saturated heterocycles. The summed E-state index contributed by atoms with van der Waals surface area (Å²) in [5.74, 6) is -0.0110. The second-order valence-corrected chi connectivity index (χ2v) is 8.33. The molecule has 34 heavy (non-hydrogen) atoms. The smallest absolute Gasteiger partial charge is 0.295 e. The molecule has 1 heterocycles. The Morgan fingerprint density at radius 3 is 2.44 bits per heavy atom. The molecule has 1 amide bonds. The third kappa shape index (κ3) is 5.17. The van der Waals surface area contributed by atoms with Gasteiger partial charge in [0.25, 0.3) is 11.7 Å².